The summed E-state index contributed by atoms with van der Waals surface area (Å²) in [4.78, 5) is 0. The van der Waals surface area contributed by atoms with Gasteiger partial charge in [-0.05, 0) is 24.6 Å². The zero-order valence-corrected chi connectivity index (χ0v) is 11.0. The van der Waals surface area contributed by atoms with E-state index in [0.29, 0.717) is 24.7 Å². The van der Waals surface area contributed by atoms with Gasteiger partial charge in [-0.25, -0.2) is 8.78 Å². The topological polar surface area (TPSA) is 50.7 Å². The molecule has 0 radical (unpaired) electrons. The second-order valence-electron chi connectivity index (χ2n) is 3.95. The summed E-state index contributed by atoms with van der Waals surface area (Å²) in [5.74, 6) is 1.23. The molecule has 1 atom stereocenters. The van der Waals surface area contributed by atoms with E-state index in [-0.39, 0.29) is 6.54 Å². The lowest BCUT2D eigenvalue weighted by Crippen LogP contribution is -2.31. The number of aliphatic hydroxyl groups is 1. The molecule has 0 heterocycles. The van der Waals surface area contributed by atoms with Crippen LogP contribution in [0.5, 0.6) is 11.5 Å². The van der Waals surface area contributed by atoms with E-state index in [0.717, 1.165) is 5.56 Å². The molecule has 0 aromatic heterocycles. The highest BCUT2D eigenvalue weighted by atomic mass is 19.3. The van der Waals surface area contributed by atoms with Gasteiger partial charge in [0.2, 0.25) is 0 Å². The average Bonchev–Trinajstić information content (AvgIpc) is 2.39. The van der Waals surface area contributed by atoms with Crippen molar-refractivity contribution in [1.29, 1.82) is 0 Å². The predicted octanol–water partition coefficient (Wildman–Crippen LogP) is 1.81. The summed E-state index contributed by atoms with van der Waals surface area (Å²) in [7, 11) is 1.55. The van der Waals surface area contributed by atoms with E-state index >= 15 is 0 Å². The van der Waals surface area contributed by atoms with Crippen LogP contribution in [-0.4, -0.2) is 37.9 Å². The van der Waals surface area contributed by atoms with Gasteiger partial charge in [0.1, 0.15) is 6.10 Å². The maximum atomic E-state index is 12.1. The highest BCUT2D eigenvalue weighted by molar-refractivity contribution is 5.42. The third-order valence-electron chi connectivity index (χ3n) is 2.50. The van der Waals surface area contributed by atoms with Crippen LogP contribution in [0.25, 0.3) is 0 Å². The molecule has 0 spiro atoms. The van der Waals surface area contributed by atoms with E-state index in [1.807, 2.05) is 13.0 Å². The van der Waals surface area contributed by atoms with E-state index in [9.17, 15) is 8.78 Å². The first-order valence-corrected chi connectivity index (χ1v) is 6.05. The molecule has 0 amide bonds. The fourth-order valence-corrected chi connectivity index (χ4v) is 1.55. The van der Waals surface area contributed by atoms with Crippen molar-refractivity contribution in [2.24, 2.45) is 0 Å². The van der Waals surface area contributed by atoms with Gasteiger partial charge in [-0.3, -0.25) is 0 Å². The molecule has 1 unspecified atom stereocenters. The van der Waals surface area contributed by atoms with Crippen LogP contribution in [0.4, 0.5) is 8.78 Å². The van der Waals surface area contributed by atoms with E-state index < -0.39 is 12.5 Å². The first kappa shape index (κ1) is 15.7. The molecule has 0 aliphatic heterocycles. The molecule has 4 nitrogen and oxygen atoms in total. The fraction of sp³-hybridized carbons (Fsp3) is 0.538. The third-order valence-corrected chi connectivity index (χ3v) is 2.50. The molecular formula is C13H19F2NO3. The maximum absolute atomic E-state index is 12.1. The van der Waals surface area contributed by atoms with Crippen LogP contribution in [0.2, 0.25) is 0 Å². The highest BCUT2D eigenvalue weighted by Crippen LogP contribution is 2.27. The van der Waals surface area contributed by atoms with E-state index in [4.69, 9.17) is 14.6 Å². The van der Waals surface area contributed by atoms with Gasteiger partial charge in [-0.2, -0.15) is 0 Å². The monoisotopic (exact) mass is 275 g/mol. The van der Waals surface area contributed by atoms with Gasteiger partial charge in [0, 0.05) is 13.1 Å². The zero-order chi connectivity index (χ0) is 14.3. The number of alkyl halides is 2. The van der Waals surface area contributed by atoms with E-state index in [1.165, 1.54) is 0 Å². The standard InChI is InChI=1S/C13H19F2NO3/c1-3-19-12-6-9(4-5-11(12)18-2)7-16-8-10(17)13(14)15/h4-6,10,13,16-17H,3,7-8H2,1-2H3. The van der Waals surface area contributed by atoms with Crippen LogP contribution in [0.15, 0.2) is 18.2 Å². The Morgan fingerprint density at radius 2 is 2.05 bits per heavy atom. The molecule has 108 valence electrons. The van der Waals surface area contributed by atoms with Crippen LogP contribution in [0.1, 0.15) is 12.5 Å². The summed E-state index contributed by atoms with van der Waals surface area (Å²) >= 11 is 0. The molecular weight excluding hydrogens is 256 g/mol. The van der Waals surface area contributed by atoms with Gasteiger partial charge < -0.3 is 19.9 Å². The van der Waals surface area contributed by atoms with Crippen molar-refractivity contribution in [1.82, 2.24) is 5.32 Å². The summed E-state index contributed by atoms with van der Waals surface area (Å²) in [5, 5.41) is 11.7. The summed E-state index contributed by atoms with van der Waals surface area (Å²) in [5.41, 5.74) is 0.866. The Morgan fingerprint density at radius 1 is 1.32 bits per heavy atom. The SMILES string of the molecule is CCOc1cc(CNCC(O)C(F)F)ccc1OC. The third kappa shape index (κ3) is 5.00. The van der Waals surface area contributed by atoms with Crippen molar-refractivity contribution in [3.05, 3.63) is 23.8 Å². The van der Waals surface area contributed by atoms with Gasteiger partial charge >= 0.3 is 0 Å². The normalized spacial score (nSPS) is 12.5. The summed E-state index contributed by atoms with van der Waals surface area (Å²) in [6.07, 6.45) is -4.38. The van der Waals surface area contributed by atoms with Crippen molar-refractivity contribution < 1.29 is 23.4 Å². The summed E-state index contributed by atoms with van der Waals surface area (Å²) < 4.78 is 34.7. The van der Waals surface area contributed by atoms with Gasteiger partial charge in [-0.1, -0.05) is 6.07 Å². The van der Waals surface area contributed by atoms with Gasteiger partial charge in [-0.15, -0.1) is 0 Å². The van der Waals surface area contributed by atoms with Gasteiger partial charge in [0.05, 0.1) is 13.7 Å². The Hall–Kier alpha value is -1.40. The number of halogens is 2. The summed E-state index contributed by atoms with van der Waals surface area (Å²) in [6.45, 7) is 2.59. The van der Waals surface area contributed by atoms with E-state index in [1.54, 1.807) is 19.2 Å². The summed E-state index contributed by atoms with van der Waals surface area (Å²) in [6, 6.07) is 5.35. The lowest BCUT2D eigenvalue weighted by Gasteiger charge is -2.13. The van der Waals surface area contributed by atoms with Crippen molar-refractivity contribution in [3.8, 4) is 11.5 Å². The first-order chi connectivity index (χ1) is 9.08. The van der Waals surface area contributed by atoms with Crippen molar-refractivity contribution in [3.63, 3.8) is 0 Å². The molecule has 0 saturated heterocycles. The molecule has 0 saturated carbocycles. The lowest BCUT2D eigenvalue weighted by molar-refractivity contribution is -0.00340. The highest BCUT2D eigenvalue weighted by Gasteiger charge is 2.15. The Kier molecular flexibility index (Phi) is 6.52. The van der Waals surface area contributed by atoms with Gasteiger partial charge in [0.15, 0.2) is 11.5 Å². The molecule has 0 aliphatic rings. The minimum Gasteiger partial charge on any atom is -0.493 e. The van der Waals surface area contributed by atoms with Crippen LogP contribution in [-0.2, 0) is 6.54 Å². The molecule has 0 fully saturated rings. The predicted molar refractivity (Wildman–Crippen MR) is 67.9 cm³/mol. The van der Waals surface area contributed by atoms with Crippen LogP contribution in [0, 0.1) is 0 Å². The molecule has 0 bridgehead atoms. The number of aliphatic hydroxyl groups excluding tert-OH is 1. The lowest BCUT2D eigenvalue weighted by atomic mass is 10.2. The molecule has 0 aliphatic carbocycles. The van der Waals surface area contributed by atoms with Gasteiger partial charge in [0.25, 0.3) is 6.43 Å². The maximum Gasteiger partial charge on any atom is 0.265 e. The fourth-order valence-electron chi connectivity index (χ4n) is 1.55. The molecule has 19 heavy (non-hydrogen) atoms. The largest absolute Gasteiger partial charge is 0.493 e. The molecule has 6 heteroatoms. The first-order valence-electron chi connectivity index (χ1n) is 6.05. The average molecular weight is 275 g/mol. The smallest absolute Gasteiger partial charge is 0.265 e. The molecule has 2 N–H and O–H groups in total. The van der Waals surface area contributed by atoms with E-state index in [2.05, 4.69) is 5.32 Å². The number of ether oxygens (including phenoxy) is 2. The Labute approximate surface area is 111 Å². The zero-order valence-electron chi connectivity index (χ0n) is 11.0. The number of benzene rings is 1. The van der Waals surface area contributed by atoms with Crippen molar-refractivity contribution >= 4 is 0 Å². The second kappa shape index (κ2) is 7.91. The quantitative estimate of drug-likeness (QED) is 0.759. The molecule has 1 aromatic rings. The minimum atomic E-state index is -2.73. The minimum absolute atomic E-state index is 0.159. The van der Waals surface area contributed by atoms with Crippen LogP contribution in [0.3, 0.4) is 0 Å². The van der Waals surface area contributed by atoms with Crippen LogP contribution >= 0.6 is 0 Å². The Morgan fingerprint density at radius 3 is 2.63 bits per heavy atom. The molecule has 1 rings (SSSR count). The number of nitrogens with one attached hydrogen (secondary N) is 1. The van der Waals surface area contributed by atoms with Crippen molar-refractivity contribution in [2.75, 3.05) is 20.3 Å². The second-order valence-corrected chi connectivity index (χ2v) is 3.95. The number of rotatable bonds is 8. The van der Waals surface area contributed by atoms with Crippen LogP contribution < -0.4 is 14.8 Å². The molecule has 1 aromatic carbocycles. The van der Waals surface area contributed by atoms with Crippen molar-refractivity contribution in [2.45, 2.75) is 26.0 Å². The number of hydrogen-bond acceptors (Lipinski definition) is 4. The Bertz CT molecular complexity index is 388. The number of hydrogen-bond donors (Lipinski definition) is 2. The number of methoxy groups -OCH3 is 1. The Balaban J connectivity index is 2.56.